The zero-order valence-corrected chi connectivity index (χ0v) is 15.4. The lowest BCUT2D eigenvalue weighted by Gasteiger charge is -2.14. The minimum Gasteiger partial charge on any atom is -0.478 e. The van der Waals surface area contributed by atoms with Crippen LogP contribution in [-0.2, 0) is 11.3 Å². The molecule has 3 aromatic carbocycles. The first kappa shape index (κ1) is 18.7. The monoisotopic (exact) mass is 391 g/mol. The molecule has 3 aromatic rings. The van der Waals surface area contributed by atoms with Crippen LogP contribution in [0.1, 0.15) is 33.0 Å². The summed E-state index contributed by atoms with van der Waals surface area (Å²) in [5.41, 5.74) is 4.56. The van der Waals surface area contributed by atoms with Crippen molar-refractivity contribution in [1.82, 2.24) is 5.32 Å². The maximum Gasteiger partial charge on any atom is 0.407 e. The molecule has 0 heterocycles. The number of nitrogens with one attached hydrogen (secondary N) is 1. The van der Waals surface area contributed by atoms with E-state index in [1.165, 1.54) is 12.1 Å². The number of carbonyl (C=O) groups is 2. The molecule has 0 saturated carbocycles. The number of amides is 1. The molecule has 0 unspecified atom stereocenters. The molecule has 0 fully saturated rings. The maximum absolute atomic E-state index is 13.5. The Bertz CT molecular complexity index is 1050. The number of aromatic carboxylic acids is 1. The molecule has 0 aliphatic heterocycles. The molecule has 0 spiro atoms. The maximum atomic E-state index is 13.5. The van der Waals surface area contributed by atoms with Gasteiger partial charge in [0.25, 0.3) is 0 Å². The van der Waals surface area contributed by atoms with Crippen molar-refractivity contribution >= 4 is 12.1 Å². The van der Waals surface area contributed by atoms with Crippen molar-refractivity contribution in [1.29, 1.82) is 0 Å². The van der Waals surface area contributed by atoms with Crippen LogP contribution in [0.25, 0.3) is 11.1 Å². The van der Waals surface area contributed by atoms with E-state index in [9.17, 15) is 14.0 Å². The van der Waals surface area contributed by atoms with Gasteiger partial charge in [0, 0.05) is 12.5 Å². The highest BCUT2D eigenvalue weighted by molar-refractivity contribution is 5.88. The summed E-state index contributed by atoms with van der Waals surface area (Å²) in [5, 5.41) is 11.6. The molecule has 1 amide bonds. The Morgan fingerprint density at radius 1 is 0.966 bits per heavy atom. The summed E-state index contributed by atoms with van der Waals surface area (Å²) in [4.78, 5) is 23.2. The van der Waals surface area contributed by atoms with Gasteiger partial charge >= 0.3 is 12.1 Å². The SMILES string of the molecule is O=C(NCc1ccc(F)c(C(=O)O)c1)OCC1c2ccccc2-c2ccccc21. The molecule has 2 N–H and O–H groups in total. The molecule has 1 aliphatic carbocycles. The first-order chi connectivity index (χ1) is 14.0. The molecular formula is C23H18FNO4. The summed E-state index contributed by atoms with van der Waals surface area (Å²) >= 11 is 0. The lowest BCUT2D eigenvalue weighted by Crippen LogP contribution is -2.25. The van der Waals surface area contributed by atoms with E-state index in [-0.39, 0.29) is 19.1 Å². The fourth-order valence-electron chi connectivity index (χ4n) is 3.67. The Morgan fingerprint density at radius 3 is 2.21 bits per heavy atom. The Labute approximate surface area is 166 Å². The van der Waals surface area contributed by atoms with Gasteiger partial charge in [0.05, 0.1) is 5.56 Å². The van der Waals surface area contributed by atoms with E-state index < -0.39 is 23.4 Å². The highest BCUT2D eigenvalue weighted by Gasteiger charge is 2.28. The topological polar surface area (TPSA) is 75.6 Å². The molecule has 29 heavy (non-hydrogen) atoms. The summed E-state index contributed by atoms with van der Waals surface area (Å²) in [5.74, 6) is -2.22. The Hall–Kier alpha value is -3.67. The van der Waals surface area contributed by atoms with E-state index in [2.05, 4.69) is 17.4 Å². The van der Waals surface area contributed by atoms with Crippen LogP contribution in [-0.4, -0.2) is 23.8 Å². The van der Waals surface area contributed by atoms with Crippen molar-refractivity contribution in [3.05, 3.63) is 94.8 Å². The minimum absolute atomic E-state index is 0.0389. The zero-order chi connectivity index (χ0) is 20.4. The van der Waals surface area contributed by atoms with Crippen LogP contribution in [0.3, 0.4) is 0 Å². The van der Waals surface area contributed by atoms with Gasteiger partial charge in [-0.05, 0) is 39.9 Å². The molecular weight excluding hydrogens is 373 g/mol. The third-order valence-electron chi connectivity index (χ3n) is 5.04. The number of halogens is 1. The van der Waals surface area contributed by atoms with Gasteiger partial charge in [-0.1, -0.05) is 54.6 Å². The summed E-state index contributed by atoms with van der Waals surface area (Å²) < 4.78 is 18.9. The number of carbonyl (C=O) groups excluding carboxylic acids is 1. The van der Waals surface area contributed by atoms with E-state index >= 15 is 0 Å². The summed E-state index contributed by atoms with van der Waals surface area (Å²) in [6.45, 7) is 0.223. The van der Waals surface area contributed by atoms with Gasteiger partial charge in [0.1, 0.15) is 12.4 Å². The Morgan fingerprint density at radius 2 is 1.59 bits per heavy atom. The van der Waals surface area contributed by atoms with Gasteiger partial charge < -0.3 is 15.2 Å². The van der Waals surface area contributed by atoms with E-state index in [0.717, 1.165) is 28.3 Å². The first-order valence-electron chi connectivity index (χ1n) is 9.15. The number of carboxylic acid groups (broad SMARTS) is 1. The summed E-state index contributed by atoms with van der Waals surface area (Å²) in [6.07, 6.45) is -0.618. The number of carboxylic acids is 1. The second-order valence-corrected chi connectivity index (χ2v) is 6.80. The van der Waals surface area contributed by atoms with Crippen LogP contribution in [0.4, 0.5) is 9.18 Å². The third kappa shape index (κ3) is 3.69. The van der Waals surface area contributed by atoms with E-state index in [1.54, 1.807) is 0 Å². The molecule has 6 heteroatoms. The van der Waals surface area contributed by atoms with Crippen LogP contribution in [0.5, 0.6) is 0 Å². The van der Waals surface area contributed by atoms with Crippen molar-refractivity contribution < 1.29 is 23.8 Å². The standard InChI is InChI=1S/C23H18FNO4/c24-21-10-9-14(11-19(21)22(26)27)12-25-23(28)29-13-20-17-7-3-1-5-15(17)16-6-2-4-8-18(16)20/h1-11,20H,12-13H2,(H,25,28)(H,26,27). The fourth-order valence-corrected chi connectivity index (χ4v) is 3.67. The fraction of sp³-hybridized carbons (Fsp3) is 0.130. The van der Waals surface area contributed by atoms with Gasteiger partial charge in [0.15, 0.2) is 0 Å². The van der Waals surface area contributed by atoms with Crippen LogP contribution in [0.15, 0.2) is 66.7 Å². The molecule has 146 valence electrons. The van der Waals surface area contributed by atoms with Gasteiger partial charge in [-0.15, -0.1) is 0 Å². The number of rotatable bonds is 5. The van der Waals surface area contributed by atoms with Crippen molar-refractivity contribution in [3.63, 3.8) is 0 Å². The molecule has 0 atom stereocenters. The van der Waals surface area contributed by atoms with Crippen LogP contribution in [0.2, 0.25) is 0 Å². The van der Waals surface area contributed by atoms with Gasteiger partial charge in [0.2, 0.25) is 0 Å². The quantitative estimate of drug-likeness (QED) is 0.668. The Kier molecular flexibility index (Phi) is 4.99. The van der Waals surface area contributed by atoms with Crippen LogP contribution < -0.4 is 5.32 Å². The number of hydrogen-bond donors (Lipinski definition) is 2. The summed E-state index contributed by atoms with van der Waals surface area (Å²) in [6, 6.07) is 19.8. The van der Waals surface area contributed by atoms with Gasteiger partial charge in [-0.25, -0.2) is 14.0 Å². The largest absolute Gasteiger partial charge is 0.478 e. The van der Waals surface area contributed by atoms with E-state index in [1.807, 2.05) is 36.4 Å². The van der Waals surface area contributed by atoms with Crippen LogP contribution >= 0.6 is 0 Å². The molecule has 0 bridgehead atoms. The smallest absolute Gasteiger partial charge is 0.407 e. The molecule has 0 saturated heterocycles. The summed E-state index contributed by atoms with van der Waals surface area (Å²) in [7, 11) is 0. The van der Waals surface area contributed by atoms with Gasteiger partial charge in [-0.2, -0.15) is 0 Å². The number of benzene rings is 3. The number of fused-ring (bicyclic) bond motifs is 3. The molecule has 4 rings (SSSR count). The third-order valence-corrected chi connectivity index (χ3v) is 5.04. The Balaban J connectivity index is 1.41. The predicted octanol–water partition coefficient (Wildman–Crippen LogP) is 4.56. The predicted molar refractivity (Wildman–Crippen MR) is 105 cm³/mol. The van der Waals surface area contributed by atoms with Crippen molar-refractivity contribution in [3.8, 4) is 11.1 Å². The molecule has 0 radical (unpaired) electrons. The highest BCUT2D eigenvalue weighted by Crippen LogP contribution is 2.44. The average molecular weight is 391 g/mol. The number of ether oxygens (including phenoxy) is 1. The first-order valence-corrected chi connectivity index (χ1v) is 9.15. The second-order valence-electron chi connectivity index (χ2n) is 6.80. The normalized spacial score (nSPS) is 12.2. The molecule has 5 nitrogen and oxygen atoms in total. The van der Waals surface area contributed by atoms with Crippen molar-refractivity contribution in [2.45, 2.75) is 12.5 Å². The van der Waals surface area contributed by atoms with Crippen molar-refractivity contribution in [2.75, 3.05) is 6.61 Å². The zero-order valence-electron chi connectivity index (χ0n) is 15.4. The van der Waals surface area contributed by atoms with Gasteiger partial charge in [-0.3, -0.25) is 0 Å². The number of alkyl carbamates (subject to hydrolysis) is 1. The number of hydrogen-bond acceptors (Lipinski definition) is 3. The second kappa shape index (κ2) is 7.75. The lowest BCUT2D eigenvalue weighted by molar-refractivity contribution is 0.0691. The van der Waals surface area contributed by atoms with E-state index in [0.29, 0.717) is 5.56 Å². The lowest BCUT2D eigenvalue weighted by atomic mass is 9.98. The highest BCUT2D eigenvalue weighted by atomic mass is 19.1. The van der Waals surface area contributed by atoms with Crippen molar-refractivity contribution in [2.24, 2.45) is 0 Å². The minimum atomic E-state index is -1.36. The molecule has 0 aromatic heterocycles. The van der Waals surface area contributed by atoms with E-state index in [4.69, 9.17) is 9.84 Å². The van der Waals surface area contributed by atoms with Crippen LogP contribution in [0, 0.1) is 5.82 Å². The average Bonchev–Trinajstić information content (AvgIpc) is 3.05. The molecule has 1 aliphatic rings.